The van der Waals surface area contributed by atoms with Crippen molar-refractivity contribution in [2.45, 2.75) is 52.9 Å². The molecule has 5 heteroatoms. The van der Waals surface area contributed by atoms with Gasteiger partial charge in [0, 0.05) is 49.9 Å². The molecule has 3 heterocycles. The number of amides is 2. The molecule has 0 N–H and O–H groups in total. The predicted molar refractivity (Wildman–Crippen MR) is 102 cm³/mol. The van der Waals surface area contributed by atoms with Gasteiger partial charge in [0.15, 0.2) is 0 Å². The average molecular weight is 357 g/mol. The van der Waals surface area contributed by atoms with E-state index in [-0.39, 0.29) is 17.2 Å². The molecule has 3 rings (SSSR count). The van der Waals surface area contributed by atoms with Crippen molar-refractivity contribution in [3.05, 3.63) is 29.6 Å². The molecule has 1 aromatic heterocycles. The van der Waals surface area contributed by atoms with Crippen molar-refractivity contribution in [3.8, 4) is 0 Å². The van der Waals surface area contributed by atoms with Gasteiger partial charge in [-0.1, -0.05) is 13.8 Å². The van der Waals surface area contributed by atoms with Crippen LogP contribution in [0.4, 0.5) is 0 Å². The van der Waals surface area contributed by atoms with Gasteiger partial charge >= 0.3 is 0 Å². The number of rotatable bonds is 4. The number of aromatic nitrogens is 1. The van der Waals surface area contributed by atoms with Gasteiger partial charge in [0.1, 0.15) is 0 Å². The molecule has 2 amide bonds. The fourth-order valence-electron chi connectivity index (χ4n) is 4.32. The monoisotopic (exact) mass is 357 g/mol. The quantitative estimate of drug-likeness (QED) is 0.831. The van der Waals surface area contributed by atoms with Gasteiger partial charge in [-0.2, -0.15) is 0 Å². The third kappa shape index (κ3) is 4.08. The van der Waals surface area contributed by atoms with Crippen LogP contribution in [0.2, 0.25) is 0 Å². The van der Waals surface area contributed by atoms with Gasteiger partial charge in [0.2, 0.25) is 5.91 Å². The van der Waals surface area contributed by atoms with E-state index in [4.69, 9.17) is 0 Å². The first-order valence-corrected chi connectivity index (χ1v) is 9.89. The smallest absolute Gasteiger partial charge is 0.255 e. The summed E-state index contributed by atoms with van der Waals surface area (Å²) in [6, 6.07) is 3.69. The zero-order valence-corrected chi connectivity index (χ0v) is 16.3. The van der Waals surface area contributed by atoms with Gasteiger partial charge in [-0.05, 0) is 50.7 Å². The first kappa shape index (κ1) is 18.9. The van der Waals surface area contributed by atoms with Crippen molar-refractivity contribution < 1.29 is 9.59 Å². The van der Waals surface area contributed by atoms with Crippen LogP contribution in [-0.4, -0.2) is 52.8 Å². The fourth-order valence-corrected chi connectivity index (χ4v) is 4.32. The minimum Gasteiger partial charge on any atom is -0.342 e. The van der Waals surface area contributed by atoms with E-state index in [2.05, 4.69) is 18.8 Å². The molecule has 26 heavy (non-hydrogen) atoms. The van der Waals surface area contributed by atoms with Crippen LogP contribution in [0, 0.1) is 18.3 Å². The lowest BCUT2D eigenvalue weighted by Crippen LogP contribution is -2.55. The standard InChI is InChI=1S/C21H31N3O2/c1-16(2)8-13-23-14-21(10-7-19(23)25)9-5-12-24(15-21)20(26)18-6-4-11-22-17(18)3/h4,6,11,16H,5,7-10,12-15H2,1-3H3/t21-/m1/s1. The molecule has 2 aliphatic heterocycles. The Morgan fingerprint density at radius 1 is 1.31 bits per heavy atom. The Balaban J connectivity index is 1.71. The van der Waals surface area contributed by atoms with Crippen molar-refractivity contribution in [1.82, 2.24) is 14.8 Å². The van der Waals surface area contributed by atoms with Crippen molar-refractivity contribution in [1.29, 1.82) is 0 Å². The van der Waals surface area contributed by atoms with E-state index in [0.29, 0.717) is 17.9 Å². The molecule has 2 aliphatic rings. The first-order chi connectivity index (χ1) is 12.4. The summed E-state index contributed by atoms with van der Waals surface area (Å²) in [6.07, 6.45) is 6.40. The number of hydrogen-bond acceptors (Lipinski definition) is 3. The Labute approximate surface area is 156 Å². The molecule has 0 saturated carbocycles. The Morgan fingerprint density at radius 2 is 2.12 bits per heavy atom. The number of carbonyl (C=O) groups excluding carboxylic acids is 2. The number of nitrogens with zero attached hydrogens (tertiary/aromatic N) is 3. The van der Waals surface area contributed by atoms with Crippen LogP contribution >= 0.6 is 0 Å². The second-order valence-electron chi connectivity index (χ2n) is 8.46. The zero-order valence-electron chi connectivity index (χ0n) is 16.3. The van der Waals surface area contributed by atoms with E-state index in [1.165, 1.54) is 0 Å². The third-order valence-corrected chi connectivity index (χ3v) is 5.91. The lowest BCUT2D eigenvalue weighted by atomic mass is 9.73. The summed E-state index contributed by atoms with van der Waals surface area (Å²) < 4.78 is 0. The van der Waals surface area contributed by atoms with Gasteiger partial charge in [-0.3, -0.25) is 14.6 Å². The summed E-state index contributed by atoms with van der Waals surface area (Å²) in [5, 5.41) is 0. The molecule has 0 aliphatic carbocycles. The predicted octanol–water partition coefficient (Wildman–Crippen LogP) is 3.28. The third-order valence-electron chi connectivity index (χ3n) is 5.91. The van der Waals surface area contributed by atoms with E-state index in [0.717, 1.165) is 57.6 Å². The van der Waals surface area contributed by atoms with Crippen LogP contribution in [0.1, 0.15) is 62.0 Å². The molecule has 0 unspecified atom stereocenters. The number of piperidine rings is 2. The summed E-state index contributed by atoms with van der Waals surface area (Å²) in [6.45, 7) is 9.48. The molecule has 0 bridgehead atoms. The molecule has 2 fully saturated rings. The number of pyridine rings is 1. The molecule has 5 nitrogen and oxygen atoms in total. The average Bonchev–Trinajstić information content (AvgIpc) is 2.63. The van der Waals surface area contributed by atoms with Crippen LogP contribution < -0.4 is 0 Å². The van der Waals surface area contributed by atoms with Gasteiger partial charge in [-0.15, -0.1) is 0 Å². The van der Waals surface area contributed by atoms with Crippen molar-refractivity contribution in [2.24, 2.45) is 11.3 Å². The van der Waals surface area contributed by atoms with Crippen molar-refractivity contribution in [2.75, 3.05) is 26.2 Å². The Morgan fingerprint density at radius 3 is 2.85 bits per heavy atom. The van der Waals surface area contributed by atoms with E-state index in [1.807, 2.05) is 28.9 Å². The molecule has 1 atom stereocenters. The largest absolute Gasteiger partial charge is 0.342 e. The van der Waals surface area contributed by atoms with Crippen molar-refractivity contribution in [3.63, 3.8) is 0 Å². The minimum atomic E-state index is 0.0644. The summed E-state index contributed by atoms with van der Waals surface area (Å²) in [4.78, 5) is 33.7. The van der Waals surface area contributed by atoms with Crippen LogP contribution in [0.25, 0.3) is 0 Å². The number of carbonyl (C=O) groups is 2. The normalized spacial score (nSPS) is 23.8. The summed E-state index contributed by atoms with van der Waals surface area (Å²) in [5.74, 6) is 0.960. The van der Waals surface area contributed by atoms with Crippen LogP contribution in [0.3, 0.4) is 0 Å². The van der Waals surface area contributed by atoms with Crippen LogP contribution in [0.15, 0.2) is 18.3 Å². The number of aryl methyl sites for hydroxylation is 1. The Bertz CT molecular complexity index is 673. The fraction of sp³-hybridized carbons (Fsp3) is 0.667. The number of likely N-dealkylation sites (tertiary alicyclic amines) is 2. The topological polar surface area (TPSA) is 53.5 Å². The maximum atomic E-state index is 13.0. The van der Waals surface area contributed by atoms with Crippen LogP contribution in [-0.2, 0) is 4.79 Å². The summed E-state index contributed by atoms with van der Waals surface area (Å²) in [5.41, 5.74) is 1.55. The highest BCUT2D eigenvalue weighted by Gasteiger charge is 2.42. The maximum Gasteiger partial charge on any atom is 0.255 e. The molecule has 1 aromatic rings. The molecule has 2 saturated heterocycles. The van der Waals surface area contributed by atoms with Crippen molar-refractivity contribution >= 4 is 11.8 Å². The highest BCUT2D eigenvalue weighted by atomic mass is 16.2. The van der Waals surface area contributed by atoms with Gasteiger partial charge < -0.3 is 9.80 Å². The van der Waals surface area contributed by atoms with E-state index in [1.54, 1.807) is 6.20 Å². The first-order valence-electron chi connectivity index (χ1n) is 9.89. The minimum absolute atomic E-state index is 0.0644. The molecule has 142 valence electrons. The van der Waals surface area contributed by atoms with Gasteiger partial charge in [0.25, 0.3) is 5.91 Å². The second-order valence-corrected chi connectivity index (χ2v) is 8.46. The lowest BCUT2D eigenvalue weighted by Gasteiger charge is -2.48. The summed E-state index contributed by atoms with van der Waals surface area (Å²) in [7, 11) is 0. The SMILES string of the molecule is Cc1ncccc1C(=O)N1CCC[C@]2(CCC(=O)N(CCC(C)C)C2)C1. The molecular formula is C21H31N3O2. The lowest BCUT2D eigenvalue weighted by molar-refractivity contribution is -0.139. The van der Waals surface area contributed by atoms with Gasteiger partial charge in [0.05, 0.1) is 5.56 Å². The Kier molecular flexibility index (Phi) is 5.64. The highest BCUT2D eigenvalue weighted by Crippen LogP contribution is 2.39. The molecule has 1 spiro atoms. The Hall–Kier alpha value is -1.91. The number of hydrogen-bond donors (Lipinski definition) is 0. The second kappa shape index (κ2) is 7.77. The van der Waals surface area contributed by atoms with Crippen LogP contribution in [0.5, 0.6) is 0 Å². The van der Waals surface area contributed by atoms with E-state index >= 15 is 0 Å². The van der Waals surface area contributed by atoms with E-state index < -0.39 is 0 Å². The molecule has 0 aromatic carbocycles. The highest BCUT2D eigenvalue weighted by molar-refractivity contribution is 5.95. The van der Waals surface area contributed by atoms with E-state index in [9.17, 15) is 9.59 Å². The molecule has 0 radical (unpaired) electrons. The summed E-state index contributed by atoms with van der Waals surface area (Å²) >= 11 is 0. The maximum absolute atomic E-state index is 13.0. The van der Waals surface area contributed by atoms with Gasteiger partial charge in [-0.25, -0.2) is 0 Å². The zero-order chi connectivity index (χ0) is 18.7. The molecular weight excluding hydrogens is 326 g/mol.